The molecule has 0 saturated carbocycles. The lowest BCUT2D eigenvalue weighted by molar-refractivity contribution is -0.135. The van der Waals surface area contributed by atoms with Crippen molar-refractivity contribution in [3.63, 3.8) is 0 Å². The van der Waals surface area contributed by atoms with Gasteiger partial charge in [-0.3, -0.25) is 4.79 Å². The Kier molecular flexibility index (Phi) is 3.12. The van der Waals surface area contributed by atoms with Gasteiger partial charge in [-0.25, -0.2) is 9.78 Å². The number of carbonyl (C=O) groups is 2. The monoisotopic (exact) mass is 263 g/mol. The van der Waals surface area contributed by atoms with E-state index < -0.39 is 11.9 Å². The number of pyridine rings is 1. The fraction of sp³-hybridized carbons (Fsp3) is 0.250. The van der Waals surface area contributed by atoms with Gasteiger partial charge in [0, 0.05) is 19.4 Å². The lowest BCUT2D eigenvalue weighted by atomic mass is 10.2. The lowest BCUT2D eigenvalue weighted by Gasteiger charge is -2.17. The molecule has 2 heterocycles. The number of imidazole rings is 1. The average molecular weight is 263 g/mol. The first kappa shape index (κ1) is 12.9. The van der Waals surface area contributed by atoms with Crippen molar-refractivity contribution >= 4 is 23.3 Å². The van der Waals surface area contributed by atoms with Crippen LogP contribution in [-0.4, -0.2) is 45.1 Å². The van der Waals surface area contributed by atoms with Crippen molar-refractivity contribution in [1.29, 1.82) is 0 Å². The number of carboxylic acids is 2. The second kappa shape index (κ2) is 4.60. The maximum Gasteiger partial charge on any atom is 0.356 e. The zero-order valence-corrected chi connectivity index (χ0v) is 10.5. The third-order valence-corrected chi connectivity index (χ3v) is 2.75. The summed E-state index contributed by atoms with van der Waals surface area (Å²) < 4.78 is 1.59. The Balaban J connectivity index is 2.48. The second-order valence-electron chi connectivity index (χ2n) is 4.29. The summed E-state index contributed by atoms with van der Waals surface area (Å²) in [5, 5.41) is 17.7. The maximum atomic E-state index is 10.9. The first-order chi connectivity index (χ1) is 8.88. The molecule has 0 unspecified atom stereocenters. The van der Waals surface area contributed by atoms with E-state index in [2.05, 4.69) is 4.98 Å². The number of aryl methyl sites for hydroxylation is 1. The van der Waals surface area contributed by atoms with Crippen molar-refractivity contribution in [3.8, 4) is 0 Å². The number of nitrogens with zero attached hydrogens (tertiary/aromatic N) is 3. The smallest absolute Gasteiger partial charge is 0.356 e. The van der Waals surface area contributed by atoms with Gasteiger partial charge in [0.2, 0.25) is 0 Å². The Bertz CT molecular complexity index is 662. The van der Waals surface area contributed by atoms with E-state index in [4.69, 9.17) is 10.2 Å². The molecule has 7 heteroatoms. The molecule has 7 nitrogen and oxygen atoms in total. The Labute approximate surface area is 108 Å². The Morgan fingerprint density at radius 1 is 1.37 bits per heavy atom. The van der Waals surface area contributed by atoms with Crippen LogP contribution in [-0.2, 0) is 4.79 Å². The zero-order chi connectivity index (χ0) is 14.2. The molecule has 2 N–H and O–H groups in total. The van der Waals surface area contributed by atoms with E-state index in [1.54, 1.807) is 35.5 Å². The van der Waals surface area contributed by atoms with Crippen LogP contribution < -0.4 is 4.90 Å². The third-order valence-electron chi connectivity index (χ3n) is 2.75. The van der Waals surface area contributed by atoms with Crippen molar-refractivity contribution in [2.45, 2.75) is 6.92 Å². The molecule has 19 heavy (non-hydrogen) atoms. The van der Waals surface area contributed by atoms with E-state index in [0.717, 1.165) is 5.56 Å². The zero-order valence-electron chi connectivity index (χ0n) is 10.5. The summed E-state index contributed by atoms with van der Waals surface area (Å²) in [6.07, 6.45) is 3.06. The molecule has 2 aromatic rings. The number of aromatic nitrogens is 2. The molecule has 0 aliphatic heterocycles. The van der Waals surface area contributed by atoms with Gasteiger partial charge in [-0.1, -0.05) is 0 Å². The largest absolute Gasteiger partial charge is 0.480 e. The predicted molar refractivity (Wildman–Crippen MR) is 67.8 cm³/mol. The topological polar surface area (TPSA) is 95.1 Å². The minimum atomic E-state index is -1.09. The average Bonchev–Trinajstić information content (AvgIpc) is 2.72. The molecule has 2 aromatic heterocycles. The summed E-state index contributed by atoms with van der Waals surface area (Å²) in [6, 6.07) is 1.77. The van der Waals surface area contributed by atoms with Crippen LogP contribution in [0.25, 0.3) is 5.65 Å². The fourth-order valence-electron chi connectivity index (χ4n) is 1.86. The first-order valence-corrected chi connectivity index (χ1v) is 5.54. The highest BCUT2D eigenvalue weighted by Crippen LogP contribution is 2.19. The van der Waals surface area contributed by atoms with Gasteiger partial charge in [0.15, 0.2) is 5.69 Å². The van der Waals surface area contributed by atoms with Crippen LogP contribution in [0.1, 0.15) is 16.1 Å². The predicted octanol–water partition coefficient (Wildman–Crippen LogP) is 0.862. The molecule has 0 fully saturated rings. The van der Waals surface area contributed by atoms with Gasteiger partial charge in [-0.2, -0.15) is 0 Å². The maximum absolute atomic E-state index is 10.9. The number of hydrogen-bond donors (Lipinski definition) is 2. The molecule has 0 atom stereocenters. The van der Waals surface area contributed by atoms with Gasteiger partial charge in [0.1, 0.15) is 12.2 Å². The van der Waals surface area contributed by atoms with E-state index in [9.17, 15) is 9.59 Å². The lowest BCUT2D eigenvalue weighted by Crippen LogP contribution is -2.25. The highest BCUT2D eigenvalue weighted by atomic mass is 16.4. The summed E-state index contributed by atoms with van der Waals surface area (Å²) in [4.78, 5) is 27.1. The standard InChI is InChI=1S/C12H13N3O4/c1-7-3-8(14(2)6-10(16)17)4-15-5-9(12(18)19)13-11(7)15/h3-5H,6H2,1-2H3,(H,16,17)(H,18,19). The molecular weight excluding hydrogens is 250 g/mol. The highest BCUT2D eigenvalue weighted by molar-refractivity contribution is 5.86. The van der Waals surface area contributed by atoms with E-state index in [0.29, 0.717) is 11.3 Å². The quantitative estimate of drug-likeness (QED) is 0.849. The molecular formula is C12H13N3O4. The van der Waals surface area contributed by atoms with Crippen molar-refractivity contribution < 1.29 is 19.8 Å². The highest BCUT2D eigenvalue weighted by Gasteiger charge is 2.13. The minimum Gasteiger partial charge on any atom is -0.480 e. The molecule has 0 aromatic carbocycles. The van der Waals surface area contributed by atoms with E-state index in [1.807, 2.05) is 0 Å². The van der Waals surface area contributed by atoms with Gasteiger partial charge >= 0.3 is 11.9 Å². The second-order valence-corrected chi connectivity index (χ2v) is 4.29. The molecule has 100 valence electrons. The summed E-state index contributed by atoms with van der Waals surface area (Å²) in [6.45, 7) is 1.66. The third kappa shape index (κ3) is 2.49. The van der Waals surface area contributed by atoms with Gasteiger partial charge in [0.05, 0.1) is 5.69 Å². The number of aliphatic carboxylic acids is 1. The first-order valence-electron chi connectivity index (χ1n) is 5.54. The number of likely N-dealkylation sites (N-methyl/N-ethyl adjacent to an activating group) is 1. The van der Waals surface area contributed by atoms with E-state index in [1.165, 1.54) is 6.20 Å². The molecule has 2 rings (SSSR count). The Morgan fingerprint density at radius 3 is 2.63 bits per heavy atom. The number of anilines is 1. The Hall–Kier alpha value is -2.57. The van der Waals surface area contributed by atoms with Crippen molar-refractivity contribution in [2.24, 2.45) is 0 Å². The number of fused-ring (bicyclic) bond motifs is 1. The van der Waals surface area contributed by atoms with Crippen LogP contribution in [0.3, 0.4) is 0 Å². The Morgan fingerprint density at radius 2 is 2.05 bits per heavy atom. The van der Waals surface area contributed by atoms with Crippen molar-refractivity contribution in [1.82, 2.24) is 9.38 Å². The number of rotatable bonds is 4. The molecule has 0 aliphatic rings. The summed E-state index contributed by atoms with van der Waals surface area (Å²) >= 11 is 0. The van der Waals surface area contributed by atoms with Gasteiger partial charge < -0.3 is 19.5 Å². The van der Waals surface area contributed by atoms with Crippen LogP contribution in [0.5, 0.6) is 0 Å². The number of carboxylic acid groups (broad SMARTS) is 2. The van der Waals surface area contributed by atoms with E-state index in [-0.39, 0.29) is 12.2 Å². The van der Waals surface area contributed by atoms with Gasteiger partial charge in [0.25, 0.3) is 0 Å². The SMILES string of the molecule is Cc1cc(N(C)CC(=O)O)cn2cc(C(=O)O)nc12. The van der Waals surface area contributed by atoms with Crippen LogP contribution in [0.15, 0.2) is 18.5 Å². The van der Waals surface area contributed by atoms with Gasteiger partial charge in [-0.15, -0.1) is 0 Å². The van der Waals surface area contributed by atoms with E-state index >= 15 is 0 Å². The normalized spacial score (nSPS) is 10.6. The van der Waals surface area contributed by atoms with Crippen LogP contribution in [0, 0.1) is 6.92 Å². The molecule has 0 saturated heterocycles. The van der Waals surface area contributed by atoms with Gasteiger partial charge in [-0.05, 0) is 18.6 Å². The molecule has 0 aliphatic carbocycles. The summed E-state index contributed by atoms with van der Waals surface area (Å²) in [5.41, 5.74) is 1.97. The number of hydrogen-bond acceptors (Lipinski definition) is 4. The fourth-order valence-corrected chi connectivity index (χ4v) is 1.86. The molecule has 0 amide bonds. The van der Waals surface area contributed by atoms with Crippen LogP contribution >= 0.6 is 0 Å². The summed E-state index contributed by atoms with van der Waals surface area (Å²) in [5.74, 6) is -2.03. The molecule has 0 bridgehead atoms. The summed E-state index contributed by atoms with van der Waals surface area (Å²) in [7, 11) is 1.66. The van der Waals surface area contributed by atoms with Crippen LogP contribution in [0.4, 0.5) is 5.69 Å². The number of aromatic carboxylic acids is 1. The molecule has 0 spiro atoms. The van der Waals surface area contributed by atoms with Crippen LogP contribution in [0.2, 0.25) is 0 Å². The van der Waals surface area contributed by atoms with Crippen molar-refractivity contribution in [3.05, 3.63) is 29.7 Å². The minimum absolute atomic E-state index is 0.0406. The van der Waals surface area contributed by atoms with Crippen molar-refractivity contribution in [2.75, 3.05) is 18.5 Å². The molecule has 0 radical (unpaired) electrons.